The van der Waals surface area contributed by atoms with Gasteiger partial charge in [0.15, 0.2) is 0 Å². The van der Waals surface area contributed by atoms with Gasteiger partial charge >= 0.3 is 0 Å². The van der Waals surface area contributed by atoms with Gasteiger partial charge in [0.2, 0.25) is 0 Å². The lowest BCUT2D eigenvalue weighted by Gasteiger charge is -2.02. The van der Waals surface area contributed by atoms with Crippen LogP contribution in [-0.4, -0.2) is 5.84 Å². The van der Waals surface area contributed by atoms with E-state index in [1.807, 2.05) is 60.7 Å². The Morgan fingerprint density at radius 1 is 0.818 bits per heavy atom. The van der Waals surface area contributed by atoms with Crippen LogP contribution in [0.15, 0.2) is 65.1 Å². The molecule has 3 aromatic rings. The van der Waals surface area contributed by atoms with Gasteiger partial charge in [0.25, 0.3) is 0 Å². The van der Waals surface area contributed by atoms with Crippen LogP contribution in [0.5, 0.6) is 0 Å². The second-order valence-corrected chi connectivity index (χ2v) is 5.06. The Morgan fingerprint density at radius 2 is 1.32 bits per heavy atom. The summed E-state index contributed by atoms with van der Waals surface area (Å²) in [6.45, 7) is 0.534. The van der Waals surface area contributed by atoms with Gasteiger partial charge in [0.05, 0.1) is 0 Å². The first kappa shape index (κ1) is 14.1. The maximum absolute atomic E-state index is 7.41. The summed E-state index contributed by atoms with van der Waals surface area (Å²) < 4.78 is 5.91. The molecule has 0 saturated carbocycles. The fourth-order valence-corrected chi connectivity index (χ4v) is 2.27. The zero-order chi connectivity index (χ0) is 15.5. The van der Waals surface area contributed by atoms with E-state index in [4.69, 9.17) is 21.3 Å². The molecule has 1 aromatic heterocycles. The maximum Gasteiger partial charge on any atom is 0.134 e. The minimum atomic E-state index is 0.0617. The van der Waals surface area contributed by atoms with Gasteiger partial charge in [0.1, 0.15) is 17.4 Å². The summed E-state index contributed by atoms with van der Waals surface area (Å²) in [5.41, 5.74) is 14.8. The maximum atomic E-state index is 7.41. The summed E-state index contributed by atoms with van der Waals surface area (Å²) in [4.78, 5) is 0. The van der Waals surface area contributed by atoms with E-state index in [9.17, 15) is 0 Å². The Labute approximate surface area is 128 Å². The Hall–Kier alpha value is -2.85. The largest absolute Gasteiger partial charge is 0.456 e. The van der Waals surface area contributed by atoms with Crippen molar-refractivity contribution in [2.24, 2.45) is 11.5 Å². The number of nitrogens with one attached hydrogen (secondary N) is 1. The molecule has 3 rings (SSSR count). The second kappa shape index (κ2) is 5.87. The van der Waals surface area contributed by atoms with Crippen molar-refractivity contribution in [3.63, 3.8) is 0 Å². The van der Waals surface area contributed by atoms with E-state index < -0.39 is 0 Å². The van der Waals surface area contributed by atoms with Gasteiger partial charge in [-0.15, -0.1) is 0 Å². The van der Waals surface area contributed by atoms with E-state index in [1.165, 1.54) is 0 Å². The first-order valence-corrected chi connectivity index (χ1v) is 7.01. The van der Waals surface area contributed by atoms with Crippen LogP contribution < -0.4 is 11.5 Å². The highest BCUT2D eigenvalue weighted by Crippen LogP contribution is 2.28. The van der Waals surface area contributed by atoms with E-state index in [-0.39, 0.29) is 5.84 Å². The summed E-state index contributed by atoms with van der Waals surface area (Å²) in [6.07, 6.45) is 0. The Morgan fingerprint density at radius 3 is 1.77 bits per heavy atom. The number of rotatable bonds is 4. The van der Waals surface area contributed by atoms with Crippen molar-refractivity contribution in [2.75, 3.05) is 0 Å². The first-order valence-electron chi connectivity index (χ1n) is 7.01. The van der Waals surface area contributed by atoms with Crippen LogP contribution in [0.25, 0.3) is 22.6 Å². The van der Waals surface area contributed by atoms with Crippen LogP contribution in [0.3, 0.4) is 0 Å². The molecule has 0 atom stereocenters. The van der Waals surface area contributed by atoms with E-state index in [0.29, 0.717) is 12.1 Å². The molecule has 0 aliphatic carbocycles. The molecule has 0 aliphatic rings. The van der Waals surface area contributed by atoms with E-state index >= 15 is 0 Å². The molecule has 0 radical (unpaired) electrons. The molecule has 0 unspecified atom stereocenters. The summed E-state index contributed by atoms with van der Waals surface area (Å²) in [5.74, 6) is 1.66. The molecule has 22 heavy (non-hydrogen) atoms. The molecule has 2 aromatic carbocycles. The number of furan rings is 1. The molecule has 4 nitrogen and oxygen atoms in total. The lowest BCUT2D eigenvalue weighted by molar-refractivity contribution is 0.597. The van der Waals surface area contributed by atoms with Gasteiger partial charge in [-0.25, -0.2) is 0 Å². The number of benzene rings is 2. The third kappa shape index (κ3) is 2.77. The van der Waals surface area contributed by atoms with Crippen molar-refractivity contribution in [3.05, 3.63) is 71.8 Å². The summed E-state index contributed by atoms with van der Waals surface area (Å²) >= 11 is 0. The molecular formula is C18H17N3O. The molecule has 0 aliphatic heterocycles. The molecule has 4 heteroatoms. The number of nitrogen functional groups attached to an aromatic ring is 1. The molecule has 5 N–H and O–H groups in total. The summed E-state index contributed by atoms with van der Waals surface area (Å²) in [6, 6.07) is 19.3. The van der Waals surface area contributed by atoms with Gasteiger partial charge in [0, 0.05) is 23.2 Å². The molecule has 0 bridgehead atoms. The minimum Gasteiger partial charge on any atom is -0.456 e. The Kier molecular flexibility index (Phi) is 3.76. The van der Waals surface area contributed by atoms with Crippen LogP contribution in [0.4, 0.5) is 0 Å². The van der Waals surface area contributed by atoms with Crippen molar-refractivity contribution in [3.8, 4) is 22.6 Å². The fourth-order valence-electron chi connectivity index (χ4n) is 2.27. The van der Waals surface area contributed by atoms with Crippen LogP contribution in [-0.2, 0) is 6.54 Å². The smallest absolute Gasteiger partial charge is 0.134 e. The average Bonchev–Trinajstić information content (AvgIpc) is 3.05. The highest BCUT2D eigenvalue weighted by Gasteiger charge is 2.07. The number of hydrogen-bond donors (Lipinski definition) is 3. The zero-order valence-corrected chi connectivity index (χ0v) is 12.0. The standard InChI is InChI=1S/C18H17N3O/c19-11-12-1-3-13(4-2-12)16-9-10-17(22-16)14-5-7-15(8-6-14)18(20)21/h1-10H,11,19H2,(H3,20,21). The lowest BCUT2D eigenvalue weighted by Crippen LogP contribution is -2.10. The number of nitrogens with two attached hydrogens (primary N) is 2. The van der Waals surface area contributed by atoms with E-state index in [1.54, 1.807) is 0 Å². The number of hydrogen-bond acceptors (Lipinski definition) is 3. The average molecular weight is 291 g/mol. The molecule has 0 spiro atoms. The van der Waals surface area contributed by atoms with Crippen molar-refractivity contribution < 1.29 is 4.42 Å². The monoisotopic (exact) mass is 291 g/mol. The predicted molar refractivity (Wildman–Crippen MR) is 88.5 cm³/mol. The Bertz CT molecular complexity index is 786. The van der Waals surface area contributed by atoms with Crippen molar-refractivity contribution in [1.29, 1.82) is 5.41 Å². The van der Waals surface area contributed by atoms with Crippen LogP contribution in [0.1, 0.15) is 11.1 Å². The molecule has 0 fully saturated rings. The topological polar surface area (TPSA) is 89.0 Å². The fraction of sp³-hybridized carbons (Fsp3) is 0.0556. The van der Waals surface area contributed by atoms with Crippen LogP contribution in [0, 0.1) is 5.41 Å². The van der Waals surface area contributed by atoms with Crippen LogP contribution >= 0.6 is 0 Å². The van der Waals surface area contributed by atoms with Gasteiger partial charge in [-0.05, 0) is 17.7 Å². The second-order valence-electron chi connectivity index (χ2n) is 5.06. The Balaban J connectivity index is 1.87. The predicted octanol–water partition coefficient (Wildman–Crippen LogP) is 3.36. The zero-order valence-electron chi connectivity index (χ0n) is 12.0. The van der Waals surface area contributed by atoms with Gasteiger partial charge < -0.3 is 15.9 Å². The van der Waals surface area contributed by atoms with Gasteiger partial charge in [-0.2, -0.15) is 0 Å². The number of amidine groups is 1. The van der Waals surface area contributed by atoms with Crippen molar-refractivity contribution >= 4 is 5.84 Å². The van der Waals surface area contributed by atoms with Crippen molar-refractivity contribution in [1.82, 2.24) is 0 Å². The van der Waals surface area contributed by atoms with E-state index in [0.717, 1.165) is 28.2 Å². The van der Waals surface area contributed by atoms with Crippen molar-refractivity contribution in [2.45, 2.75) is 6.54 Å². The third-order valence-electron chi connectivity index (χ3n) is 3.56. The first-order chi connectivity index (χ1) is 10.7. The highest BCUT2D eigenvalue weighted by atomic mass is 16.3. The molecule has 110 valence electrons. The molecular weight excluding hydrogens is 274 g/mol. The minimum absolute atomic E-state index is 0.0617. The van der Waals surface area contributed by atoms with Crippen LogP contribution in [0.2, 0.25) is 0 Å². The van der Waals surface area contributed by atoms with E-state index in [2.05, 4.69) is 0 Å². The van der Waals surface area contributed by atoms with Gasteiger partial charge in [-0.3, -0.25) is 5.41 Å². The third-order valence-corrected chi connectivity index (χ3v) is 3.56. The summed E-state index contributed by atoms with van der Waals surface area (Å²) in [5, 5.41) is 7.41. The molecule has 1 heterocycles. The van der Waals surface area contributed by atoms with Gasteiger partial charge in [-0.1, -0.05) is 48.5 Å². The molecule has 0 saturated heterocycles. The SMILES string of the molecule is N=C(N)c1ccc(-c2ccc(-c3ccc(CN)cc3)o2)cc1. The lowest BCUT2D eigenvalue weighted by atomic mass is 10.1. The quantitative estimate of drug-likeness (QED) is 0.508. The normalized spacial score (nSPS) is 10.6. The highest BCUT2D eigenvalue weighted by molar-refractivity contribution is 5.95. The summed E-state index contributed by atoms with van der Waals surface area (Å²) in [7, 11) is 0. The molecule has 0 amide bonds.